The highest BCUT2D eigenvalue weighted by Crippen LogP contribution is 2.34. The van der Waals surface area contributed by atoms with E-state index in [0.29, 0.717) is 6.61 Å². The van der Waals surface area contributed by atoms with Gasteiger partial charge in [0.2, 0.25) is 0 Å². The number of methoxy groups -OCH3 is 2. The Balaban J connectivity index is 1.65. The van der Waals surface area contributed by atoms with Gasteiger partial charge in [0, 0.05) is 12.0 Å². The van der Waals surface area contributed by atoms with Gasteiger partial charge in [0.1, 0.15) is 25.9 Å². The number of benzene rings is 3. The highest BCUT2D eigenvalue weighted by atomic mass is 79.9. The Morgan fingerprint density at radius 1 is 0.871 bits per heavy atom. The number of halogens is 1. The van der Waals surface area contributed by atoms with Crippen molar-refractivity contribution in [3.05, 3.63) is 87.4 Å². The Bertz CT molecular complexity index is 1110. The predicted molar refractivity (Wildman–Crippen MR) is 127 cm³/mol. The number of fused-ring (bicyclic) bond motifs is 1. The second-order valence-corrected chi connectivity index (χ2v) is 8.55. The molecule has 0 saturated carbocycles. The molecule has 0 spiro atoms. The lowest BCUT2D eigenvalue weighted by Crippen LogP contribution is -2.29. The third-order valence-electron chi connectivity index (χ3n) is 5.70. The topological polar surface area (TPSA) is 30.7 Å². The fourth-order valence-electron chi connectivity index (χ4n) is 3.96. The smallest absolute Gasteiger partial charge is 0.187 e. The van der Waals surface area contributed by atoms with E-state index >= 15 is 0 Å². The summed E-state index contributed by atoms with van der Waals surface area (Å²) in [5.41, 5.74) is 6.16. The molecule has 0 aromatic heterocycles. The van der Waals surface area contributed by atoms with E-state index in [4.69, 9.17) is 14.2 Å². The van der Waals surface area contributed by atoms with E-state index in [0.717, 1.165) is 46.7 Å². The fraction of sp³-hybridized carbons (Fsp3) is 0.269. The van der Waals surface area contributed by atoms with Crippen LogP contribution < -0.4 is 14.2 Å². The molecule has 1 heterocycles. The van der Waals surface area contributed by atoms with Crippen molar-refractivity contribution in [2.24, 2.45) is 0 Å². The van der Waals surface area contributed by atoms with Gasteiger partial charge < -0.3 is 14.2 Å². The lowest BCUT2D eigenvalue weighted by Gasteiger charge is -2.20. The van der Waals surface area contributed by atoms with Crippen LogP contribution in [0.15, 0.2) is 65.1 Å². The van der Waals surface area contributed by atoms with E-state index in [2.05, 4.69) is 64.0 Å². The van der Waals surface area contributed by atoms with Crippen molar-refractivity contribution in [3.8, 4) is 17.2 Å². The summed E-state index contributed by atoms with van der Waals surface area (Å²) < 4.78 is 20.5. The molecule has 0 fully saturated rings. The molecule has 0 bridgehead atoms. The Hall–Kier alpha value is -2.79. The molecule has 0 saturated heterocycles. The number of rotatable bonds is 7. The molecular formula is C26H27BrNO3+. The number of ether oxygens (including phenoxy) is 3. The Kier molecular flexibility index (Phi) is 6.62. The molecule has 31 heavy (non-hydrogen) atoms. The molecule has 1 aliphatic rings. The van der Waals surface area contributed by atoms with Gasteiger partial charge in [-0.15, -0.1) is 0 Å². The van der Waals surface area contributed by atoms with Crippen LogP contribution in [-0.2, 0) is 19.4 Å². The molecule has 160 valence electrons. The number of likely N-dealkylation sites (N-methyl/N-ethyl adjacent to an activating group) is 1. The van der Waals surface area contributed by atoms with Gasteiger partial charge >= 0.3 is 0 Å². The number of nitrogens with zero attached hydrogens (tertiary/aromatic N) is 1. The van der Waals surface area contributed by atoms with Gasteiger partial charge in [-0.25, -0.2) is 4.58 Å². The lowest BCUT2D eigenvalue weighted by atomic mass is 9.92. The summed E-state index contributed by atoms with van der Waals surface area (Å²) in [6.45, 7) is 1.49. The molecule has 3 aromatic rings. The first-order valence-electron chi connectivity index (χ1n) is 10.4. The summed E-state index contributed by atoms with van der Waals surface area (Å²) in [4.78, 5) is 0. The maximum atomic E-state index is 6.18. The average Bonchev–Trinajstić information content (AvgIpc) is 2.80. The molecule has 0 unspecified atom stereocenters. The first kappa shape index (κ1) is 21.4. The average molecular weight is 481 g/mol. The molecule has 4 nitrogen and oxygen atoms in total. The third kappa shape index (κ3) is 4.77. The molecule has 0 radical (unpaired) electrons. The Morgan fingerprint density at radius 3 is 2.35 bits per heavy atom. The SMILES string of the molecule is COc1ccc(CC2=[N+](C)CCc3cc(OC)c(OCc4ccccc4)cc32)cc1Br. The van der Waals surface area contributed by atoms with Crippen LogP contribution in [0.5, 0.6) is 17.2 Å². The van der Waals surface area contributed by atoms with E-state index in [1.807, 2.05) is 24.3 Å². The maximum Gasteiger partial charge on any atom is 0.187 e. The molecule has 0 aliphatic carbocycles. The van der Waals surface area contributed by atoms with Crippen molar-refractivity contribution >= 4 is 21.6 Å². The predicted octanol–water partition coefficient (Wildman–Crippen LogP) is 5.28. The fourth-order valence-corrected chi connectivity index (χ4v) is 4.55. The van der Waals surface area contributed by atoms with Gasteiger partial charge in [-0.05, 0) is 56.9 Å². The van der Waals surface area contributed by atoms with E-state index < -0.39 is 0 Å². The second kappa shape index (κ2) is 9.56. The second-order valence-electron chi connectivity index (χ2n) is 7.70. The molecule has 4 rings (SSSR count). The van der Waals surface area contributed by atoms with Gasteiger partial charge in [0.15, 0.2) is 17.2 Å². The Labute approximate surface area is 192 Å². The molecule has 0 amide bonds. The molecule has 3 aromatic carbocycles. The van der Waals surface area contributed by atoms with Gasteiger partial charge in [0.05, 0.1) is 25.1 Å². The summed E-state index contributed by atoms with van der Waals surface area (Å²) in [7, 11) is 5.54. The summed E-state index contributed by atoms with van der Waals surface area (Å²) in [5, 5.41) is 0. The van der Waals surface area contributed by atoms with Crippen molar-refractivity contribution < 1.29 is 18.8 Å². The van der Waals surface area contributed by atoms with Crippen LogP contribution in [-0.4, -0.2) is 38.1 Å². The van der Waals surface area contributed by atoms with Crippen LogP contribution in [0.3, 0.4) is 0 Å². The highest BCUT2D eigenvalue weighted by Gasteiger charge is 2.26. The van der Waals surface area contributed by atoms with Gasteiger partial charge in [0.25, 0.3) is 0 Å². The zero-order valence-electron chi connectivity index (χ0n) is 18.2. The van der Waals surface area contributed by atoms with Crippen molar-refractivity contribution in [2.45, 2.75) is 19.4 Å². The van der Waals surface area contributed by atoms with Crippen molar-refractivity contribution in [1.29, 1.82) is 0 Å². The summed E-state index contributed by atoms with van der Waals surface area (Å²) >= 11 is 3.61. The van der Waals surface area contributed by atoms with E-state index in [-0.39, 0.29) is 0 Å². The zero-order valence-corrected chi connectivity index (χ0v) is 19.7. The number of hydrogen-bond acceptors (Lipinski definition) is 3. The summed E-state index contributed by atoms with van der Waals surface area (Å²) in [6, 6.07) is 20.7. The van der Waals surface area contributed by atoms with Crippen LogP contribution >= 0.6 is 15.9 Å². The molecule has 0 N–H and O–H groups in total. The zero-order chi connectivity index (χ0) is 21.8. The largest absolute Gasteiger partial charge is 0.496 e. The van der Waals surface area contributed by atoms with Crippen LogP contribution in [0.25, 0.3) is 0 Å². The van der Waals surface area contributed by atoms with Crippen LogP contribution in [0.2, 0.25) is 0 Å². The minimum absolute atomic E-state index is 0.507. The first-order chi connectivity index (χ1) is 15.1. The first-order valence-corrected chi connectivity index (χ1v) is 11.2. The lowest BCUT2D eigenvalue weighted by molar-refractivity contribution is -0.498. The monoisotopic (exact) mass is 480 g/mol. The van der Waals surface area contributed by atoms with Gasteiger partial charge in [-0.3, -0.25) is 0 Å². The van der Waals surface area contributed by atoms with Crippen LogP contribution in [0.1, 0.15) is 22.3 Å². The molecule has 1 aliphatic heterocycles. The van der Waals surface area contributed by atoms with Gasteiger partial charge in [-0.1, -0.05) is 36.4 Å². The van der Waals surface area contributed by atoms with E-state index in [1.54, 1.807) is 14.2 Å². The van der Waals surface area contributed by atoms with E-state index in [1.165, 1.54) is 22.4 Å². The third-order valence-corrected chi connectivity index (χ3v) is 6.32. The Morgan fingerprint density at radius 2 is 1.65 bits per heavy atom. The quantitative estimate of drug-likeness (QED) is 0.431. The molecule has 0 atom stereocenters. The van der Waals surface area contributed by atoms with Gasteiger partial charge in [-0.2, -0.15) is 0 Å². The van der Waals surface area contributed by atoms with E-state index in [9.17, 15) is 0 Å². The number of hydrogen-bond donors (Lipinski definition) is 0. The van der Waals surface area contributed by atoms with Crippen molar-refractivity contribution in [2.75, 3.05) is 27.8 Å². The van der Waals surface area contributed by atoms with Crippen molar-refractivity contribution in [1.82, 2.24) is 0 Å². The highest BCUT2D eigenvalue weighted by molar-refractivity contribution is 9.10. The minimum Gasteiger partial charge on any atom is -0.496 e. The molecular weight excluding hydrogens is 454 g/mol. The summed E-state index contributed by atoms with van der Waals surface area (Å²) in [6.07, 6.45) is 1.81. The van der Waals surface area contributed by atoms with Crippen LogP contribution in [0, 0.1) is 0 Å². The minimum atomic E-state index is 0.507. The van der Waals surface area contributed by atoms with Crippen LogP contribution in [0.4, 0.5) is 0 Å². The normalized spacial score (nSPS) is 13.0. The maximum absolute atomic E-state index is 6.18. The standard InChI is InChI=1S/C26H27BrNO3/c1-28-12-11-20-15-25(30-3)26(31-17-18-7-5-4-6-8-18)16-21(20)23(28)14-19-9-10-24(29-2)22(27)13-19/h4-10,13,15-16H,11-12,14,17H2,1-3H3/q+1. The summed E-state index contributed by atoms with van der Waals surface area (Å²) in [5.74, 6) is 2.40. The molecule has 5 heteroatoms. The van der Waals surface area contributed by atoms with Crippen molar-refractivity contribution in [3.63, 3.8) is 0 Å².